The van der Waals surface area contributed by atoms with Crippen LogP contribution in [0.2, 0.25) is 0 Å². The minimum atomic E-state index is 0. The Morgan fingerprint density at radius 3 is 2.89 bits per heavy atom. The van der Waals surface area contributed by atoms with Crippen molar-refractivity contribution in [1.29, 1.82) is 0 Å². The van der Waals surface area contributed by atoms with Crippen LogP contribution in [0.5, 0.6) is 5.75 Å². The maximum Gasteiger partial charge on any atom is 0.191 e. The smallest absolute Gasteiger partial charge is 0.191 e. The largest absolute Gasteiger partial charge is 0.495 e. The second kappa shape index (κ2) is 11.1. The van der Waals surface area contributed by atoms with Crippen molar-refractivity contribution >= 4 is 35.6 Å². The summed E-state index contributed by atoms with van der Waals surface area (Å²) in [6, 6.07) is 10.6. The molecule has 0 amide bonds. The van der Waals surface area contributed by atoms with E-state index >= 15 is 0 Å². The Labute approximate surface area is 184 Å². The lowest BCUT2D eigenvalue weighted by Crippen LogP contribution is -2.45. The van der Waals surface area contributed by atoms with Gasteiger partial charge >= 0.3 is 0 Å². The third kappa shape index (κ3) is 5.73. The van der Waals surface area contributed by atoms with Crippen molar-refractivity contribution in [1.82, 2.24) is 15.6 Å². The van der Waals surface area contributed by atoms with Crippen LogP contribution in [0.25, 0.3) is 0 Å². The highest BCUT2D eigenvalue weighted by molar-refractivity contribution is 14.0. The number of anilines is 1. The number of halogens is 1. The molecule has 7 heteroatoms. The molecule has 6 nitrogen and oxygen atoms in total. The van der Waals surface area contributed by atoms with E-state index in [0.717, 1.165) is 49.9 Å². The van der Waals surface area contributed by atoms with Crippen molar-refractivity contribution in [3.63, 3.8) is 0 Å². The standard InChI is InChI=1S/C21H29N5O.HI/c1-16-14-23-11-8-17(16)9-12-24-21(22-2)25-18-10-13-26(15-18)19-6-4-5-7-20(19)27-3;/h4-8,11,14,18H,9-10,12-13,15H2,1-3H3,(H2,22,24,25);1H. The molecule has 28 heavy (non-hydrogen) atoms. The summed E-state index contributed by atoms with van der Waals surface area (Å²) in [5, 5.41) is 6.97. The summed E-state index contributed by atoms with van der Waals surface area (Å²) < 4.78 is 5.50. The van der Waals surface area contributed by atoms with E-state index in [2.05, 4.69) is 50.6 Å². The number of aromatic nitrogens is 1. The van der Waals surface area contributed by atoms with Gasteiger partial charge in [-0.1, -0.05) is 12.1 Å². The van der Waals surface area contributed by atoms with Crippen LogP contribution in [-0.2, 0) is 6.42 Å². The van der Waals surface area contributed by atoms with Gasteiger partial charge in [-0.2, -0.15) is 0 Å². The predicted octanol–water partition coefficient (Wildman–Crippen LogP) is 3.00. The first-order chi connectivity index (χ1) is 13.2. The number of rotatable bonds is 6. The Morgan fingerprint density at radius 2 is 2.14 bits per heavy atom. The van der Waals surface area contributed by atoms with E-state index in [9.17, 15) is 0 Å². The second-order valence-electron chi connectivity index (χ2n) is 6.80. The van der Waals surface area contributed by atoms with Crippen LogP contribution < -0.4 is 20.3 Å². The fourth-order valence-electron chi connectivity index (χ4n) is 3.47. The molecule has 2 heterocycles. The third-order valence-electron chi connectivity index (χ3n) is 5.00. The number of nitrogens with zero attached hydrogens (tertiary/aromatic N) is 3. The lowest BCUT2D eigenvalue weighted by atomic mass is 10.1. The van der Waals surface area contributed by atoms with Gasteiger partial charge in [0.1, 0.15) is 5.75 Å². The van der Waals surface area contributed by atoms with Gasteiger partial charge in [0.15, 0.2) is 5.96 Å². The molecular weight excluding hydrogens is 465 g/mol. The summed E-state index contributed by atoms with van der Waals surface area (Å²) in [6.07, 6.45) is 5.78. The molecule has 1 aliphatic heterocycles. The number of ether oxygens (including phenoxy) is 1. The Morgan fingerprint density at radius 1 is 1.32 bits per heavy atom. The molecule has 0 aliphatic carbocycles. The van der Waals surface area contributed by atoms with Crippen molar-refractivity contribution in [2.45, 2.75) is 25.8 Å². The van der Waals surface area contributed by atoms with Crippen LogP contribution in [-0.4, -0.2) is 50.8 Å². The molecule has 1 saturated heterocycles. The molecule has 152 valence electrons. The molecule has 0 radical (unpaired) electrons. The van der Waals surface area contributed by atoms with E-state index in [0.29, 0.717) is 6.04 Å². The summed E-state index contributed by atoms with van der Waals surface area (Å²) in [6.45, 7) is 4.88. The Hall–Kier alpha value is -2.03. The fraction of sp³-hybridized carbons (Fsp3) is 0.429. The van der Waals surface area contributed by atoms with E-state index in [4.69, 9.17) is 4.74 Å². The van der Waals surface area contributed by atoms with Gasteiger partial charge in [-0.3, -0.25) is 9.98 Å². The molecule has 2 N–H and O–H groups in total. The second-order valence-corrected chi connectivity index (χ2v) is 6.80. The topological polar surface area (TPSA) is 61.8 Å². The first-order valence-corrected chi connectivity index (χ1v) is 9.46. The van der Waals surface area contributed by atoms with E-state index in [1.54, 1.807) is 7.11 Å². The summed E-state index contributed by atoms with van der Waals surface area (Å²) in [5.41, 5.74) is 3.70. The summed E-state index contributed by atoms with van der Waals surface area (Å²) >= 11 is 0. The average Bonchev–Trinajstić information content (AvgIpc) is 3.17. The number of aryl methyl sites for hydroxylation is 1. The van der Waals surface area contributed by atoms with Crippen molar-refractivity contribution in [3.05, 3.63) is 53.9 Å². The first kappa shape index (κ1) is 22.3. The quantitative estimate of drug-likeness (QED) is 0.367. The van der Waals surface area contributed by atoms with Gasteiger partial charge in [-0.15, -0.1) is 24.0 Å². The van der Waals surface area contributed by atoms with E-state index in [1.807, 2.05) is 31.6 Å². The zero-order valence-corrected chi connectivity index (χ0v) is 19.1. The molecule has 1 fully saturated rings. The number of hydrogen-bond acceptors (Lipinski definition) is 4. The number of nitrogens with one attached hydrogen (secondary N) is 2. The van der Waals surface area contributed by atoms with E-state index in [-0.39, 0.29) is 24.0 Å². The molecule has 1 aliphatic rings. The Balaban J connectivity index is 0.00000280. The van der Waals surface area contributed by atoms with E-state index < -0.39 is 0 Å². The highest BCUT2D eigenvalue weighted by Crippen LogP contribution is 2.30. The monoisotopic (exact) mass is 495 g/mol. The first-order valence-electron chi connectivity index (χ1n) is 9.46. The number of guanidine groups is 1. The van der Waals surface area contributed by atoms with E-state index in [1.165, 1.54) is 11.1 Å². The van der Waals surface area contributed by atoms with Gasteiger partial charge in [-0.25, -0.2) is 0 Å². The lowest BCUT2D eigenvalue weighted by Gasteiger charge is -2.22. The number of benzene rings is 1. The zero-order chi connectivity index (χ0) is 19.1. The number of methoxy groups -OCH3 is 1. The van der Waals surface area contributed by atoms with Crippen LogP contribution in [0.4, 0.5) is 5.69 Å². The van der Waals surface area contributed by atoms with Crippen LogP contribution in [0.1, 0.15) is 17.5 Å². The molecular formula is C21H30IN5O. The van der Waals surface area contributed by atoms with Gasteiger partial charge < -0.3 is 20.3 Å². The summed E-state index contributed by atoms with van der Waals surface area (Å²) in [7, 11) is 3.54. The van der Waals surface area contributed by atoms with Crippen molar-refractivity contribution in [3.8, 4) is 5.75 Å². The van der Waals surface area contributed by atoms with Gasteiger partial charge in [0, 0.05) is 45.1 Å². The highest BCUT2D eigenvalue weighted by Gasteiger charge is 2.25. The van der Waals surface area contributed by atoms with Crippen molar-refractivity contribution in [2.75, 3.05) is 38.7 Å². The Kier molecular flexibility index (Phi) is 8.82. The molecule has 2 aromatic rings. The number of aliphatic imine (C=N–C) groups is 1. The molecule has 1 atom stereocenters. The van der Waals surface area contributed by atoms with Crippen LogP contribution in [0.15, 0.2) is 47.7 Å². The van der Waals surface area contributed by atoms with Gasteiger partial charge in [0.05, 0.1) is 12.8 Å². The summed E-state index contributed by atoms with van der Waals surface area (Å²) in [4.78, 5) is 10.9. The lowest BCUT2D eigenvalue weighted by molar-refractivity contribution is 0.415. The molecule has 0 spiro atoms. The number of pyridine rings is 1. The maximum atomic E-state index is 5.50. The van der Waals surface area contributed by atoms with Crippen LogP contribution in [0.3, 0.4) is 0 Å². The molecule has 1 unspecified atom stereocenters. The Bertz CT molecular complexity index is 783. The minimum Gasteiger partial charge on any atom is -0.495 e. The third-order valence-corrected chi connectivity index (χ3v) is 5.00. The molecule has 1 aromatic carbocycles. The normalized spacial score (nSPS) is 16.5. The average molecular weight is 495 g/mol. The van der Waals surface area contributed by atoms with Crippen LogP contribution in [0, 0.1) is 6.92 Å². The van der Waals surface area contributed by atoms with Crippen molar-refractivity contribution in [2.24, 2.45) is 4.99 Å². The van der Waals surface area contributed by atoms with Gasteiger partial charge in [-0.05, 0) is 49.1 Å². The predicted molar refractivity (Wildman–Crippen MR) is 126 cm³/mol. The maximum absolute atomic E-state index is 5.50. The van der Waals surface area contributed by atoms with Gasteiger partial charge in [0.2, 0.25) is 0 Å². The molecule has 1 aromatic heterocycles. The number of hydrogen-bond donors (Lipinski definition) is 2. The minimum absolute atomic E-state index is 0. The number of para-hydroxylation sites is 2. The fourth-order valence-corrected chi connectivity index (χ4v) is 3.47. The highest BCUT2D eigenvalue weighted by atomic mass is 127. The SMILES string of the molecule is CN=C(NCCc1ccncc1C)NC1CCN(c2ccccc2OC)C1.I. The zero-order valence-electron chi connectivity index (χ0n) is 16.8. The van der Waals surface area contributed by atoms with Gasteiger partial charge in [0.25, 0.3) is 0 Å². The summed E-state index contributed by atoms with van der Waals surface area (Å²) in [5.74, 6) is 1.78. The molecule has 3 rings (SSSR count). The van der Waals surface area contributed by atoms with Crippen molar-refractivity contribution < 1.29 is 4.74 Å². The molecule has 0 saturated carbocycles. The van der Waals surface area contributed by atoms with Crippen LogP contribution >= 0.6 is 24.0 Å². The molecule has 0 bridgehead atoms.